The molecule has 0 saturated heterocycles. The van der Waals surface area contributed by atoms with Gasteiger partial charge < -0.3 is 0 Å². The van der Waals surface area contributed by atoms with E-state index in [1.807, 2.05) is 12.1 Å². The van der Waals surface area contributed by atoms with Crippen LogP contribution in [0.3, 0.4) is 0 Å². The van der Waals surface area contributed by atoms with E-state index in [0.29, 0.717) is 29.2 Å². The van der Waals surface area contributed by atoms with Crippen molar-refractivity contribution in [3.8, 4) is 6.07 Å². The maximum absolute atomic E-state index is 8.95. The van der Waals surface area contributed by atoms with E-state index in [1.165, 1.54) is 25.7 Å². The topological polar surface area (TPSA) is 27.0 Å². The van der Waals surface area contributed by atoms with Crippen molar-refractivity contribution in [2.75, 3.05) is 6.54 Å². The van der Waals surface area contributed by atoms with Crippen molar-refractivity contribution in [1.82, 2.24) is 4.90 Å². The van der Waals surface area contributed by atoms with Crippen LogP contribution in [0.1, 0.15) is 31.2 Å². The minimum atomic E-state index is 0.452. The molecule has 1 aromatic carbocycles. The molecule has 2 rings (SSSR count). The van der Waals surface area contributed by atoms with Crippen molar-refractivity contribution in [2.45, 2.75) is 38.3 Å². The smallest absolute Gasteiger partial charge is 0.0871 e. The molecule has 18 heavy (non-hydrogen) atoms. The summed E-state index contributed by atoms with van der Waals surface area (Å²) >= 11 is 12.2. The number of rotatable bonds is 4. The summed E-state index contributed by atoms with van der Waals surface area (Å²) in [5.74, 6) is 0. The van der Waals surface area contributed by atoms with Crippen molar-refractivity contribution in [3.05, 3.63) is 33.8 Å². The van der Waals surface area contributed by atoms with E-state index in [4.69, 9.17) is 28.5 Å². The van der Waals surface area contributed by atoms with Crippen molar-refractivity contribution in [2.24, 2.45) is 0 Å². The molecule has 0 atom stereocenters. The Morgan fingerprint density at radius 1 is 1.28 bits per heavy atom. The quantitative estimate of drug-likeness (QED) is 0.772. The Morgan fingerprint density at radius 3 is 2.67 bits per heavy atom. The van der Waals surface area contributed by atoms with Gasteiger partial charge in [0.05, 0.1) is 22.7 Å². The summed E-state index contributed by atoms with van der Waals surface area (Å²) < 4.78 is 0. The van der Waals surface area contributed by atoms with Gasteiger partial charge in [0.1, 0.15) is 0 Å². The minimum Gasteiger partial charge on any atom is -0.283 e. The number of halogens is 2. The lowest BCUT2D eigenvalue weighted by molar-refractivity contribution is 0.214. The van der Waals surface area contributed by atoms with E-state index in [2.05, 4.69) is 11.0 Å². The first-order chi connectivity index (χ1) is 8.72. The van der Waals surface area contributed by atoms with E-state index in [0.717, 1.165) is 5.56 Å². The molecule has 96 valence electrons. The Morgan fingerprint density at radius 2 is 2.00 bits per heavy atom. The van der Waals surface area contributed by atoms with Gasteiger partial charge in [-0.25, -0.2) is 0 Å². The summed E-state index contributed by atoms with van der Waals surface area (Å²) in [5, 5.41) is 10.1. The normalized spacial score (nSPS) is 16.1. The Kier molecular flexibility index (Phi) is 4.88. The molecule has 0 amide bonds. The molecule has 0 N–H and O–H groups in total. The van der Waals surface area contributed by atoms with E-state index in [9.17, 15) is 0 Å². The molecule has 0 aliphatic heterocycles. The van der Waals surface area contributed by atoms with E-state index in [-0.39, 0.29) is 0 Å². The van der Waals surface area contributed by atoms with Gasteiger partial charge in [0.2, 0.25) is 0 Å². The fourth-order valence-electron chi connectivity index (χ4n) is 2.56. The Hall–Kier alpha value is -0.750. The summed E-state index contributed by atoms with van der Waals surface area (Å²) in [7, 11) is 0. The van der Waals surface area contributed by atoms with Gasteiger partial charge >= 0.3 is 0 Å². The monoisotopic (exact) mass is 282 g/mol. The van der Waals surface area contributed by atoms with Crippen molar-refractivity contribution in [1.29, 1.82) is 5.26 Å². The van der Waals surface area contributed by atoms with E-state index in [1.54, 1.807) is 6.07 Å². The second kappa shape index (κ2) is 6.43. The van der Waals surface area contributed by atoms with Crippen molar-refractivity contribution in [3.63, 3.8) is 0 Å². The third kappa shape index (κ3) is 3.17. The molecular weight excluding hydrogens is 267 g/mol. The molecule has 0 aromatic heterocycles. The van der Waals surface area contributed by atoms with Gasteiger partial charge in [-0.05, 0) is 24.5 Å². The highest BCUT2D eigenvalue weighted by atomic mass is 35.5. The van der Waals surface area contributed by atoms with Crippen LogP contribution in [0.5, 0.6) is 0 Å². The van der Waals surface area contributed by atoms with E-state index >= 15 is 0 Å². The van der Waals surface area contributed by atoms with Crippen LogP contribution in [0.2, 0.25) is 10.0 Å². The van der Waals surface area contributed by atoms with Gasteiger partial charge in [-0.2, -0.15) is 5.26 Å². The molecule has 0 heterocycles. The number of nitriles is 1. The van der Waals surface area contributed by atoms with Crippen LogP contribution in [0, 0.1) is 11.3 Å². The average molecular weight is 283 g/mol. The van der Waals surface area contributed by atoms with Crippen LogP contribution in [0.25, 0.3) is 0 Å². The fourth-order valence-corrected chi connectivity index (χ4v) is 2.94. The minimum absolute atomic E-state index is 0.452. The van der Waals surface area contributed by atoms with Crippen molar-refractivity contribution >= 4 is 23.2 Å². The Labute approximate surface area is 118 Å². The summed E-state index contributed by atoms with van der Waals surface area (Å²) in [6.07, 6.45) is 4.88. The maximum Gasteiger partial charge on any atom is 0.0871 e. The first-order valence-electron chi connectivity index (χ1n) is 6.26. The third-order valence-electron chi connectivity index (χ3n) is 3.52. The molecule has 1 aliphatic rings. The molecule has 0 radical (unpaired) electrons. The zero-order valence-electron chi connectivity index (χ0n) is 10.2. The standard InChI is InChI=1S/C14H16Cl2N2/c15-13-7-3-4-11(14(13)16)10-18(9-8-17)12-5-1-2-6-12/h3-4,7,12H,1-2,5-6,9-10H2. The predicted octanol–water partition coefficient (Wildman–Crippen LogP) is 4.26. The average Bonchev–Trinajstić information content (AvgIpc) is 2.88. The lowest BCUT2D eigenvalue weighted by Gasteiger charge is -2.26. The molecule has 1 fully saturated rings. The highest BCUT2D eigenvalue weighted by Crippen LogP contribution is 2.29. The van der Waals surface area contributed by atoms with Crippen LogP contribution in [-0.2, 0) is 6.54 Å². The number of hydrogen-bond acceptors (Lipinski definition) is 2. The Bertz CT molecular complexity index is 448. The zero-order chi connectivity index (χ0) is 13.0. The number of hydrogen-bond donors (Lipinski definition) is 0. The first-order valence-corrected chi connectivity index (χ1v) is 7.02. The zero-order valence-corrected chi connectivity index (χ0v) is 11.7. The van der Waals surface area contributed by atoms with Gasteiger partial charge in [0.25, 0.3) is 0 Å². The summed E-state index contributed by atoms with van der Waals surface area (Å²) in [4.78, 5) is 2.21. The van der Waals surface area contributed by atoms with Crippen molar-refractivity contribution < 1.29 is 0 Å². The number of benzene rings is 1. The SMILES string of the molecule is N#CCN(Cc1cccc(Cl)c1Cl)C1CCCC1. The molecular formula is C14H16Cl2N2. The molecule has 1 saturated carbocycles. The lowest BCUT2D eigenvalue weighted by atomic mass is 10.1. The van der Waals surface area contributed by atoms with Gasteiger partial charge in [-0.15, -0.1) is 0 Å². The lowest BCUT2D eigenvalue weighted by Crippen LogP contribution is -2.33. The maximum atomic E-state index is 8.95. The molecule has 0 unspecified atom stereocenters. The van der Waals surface area contributed by atoms with Crippen LogP contribution >= 0.6 is 23.2 Å². The summed E-state index contributed by atoms with van der Waals surface area (Å²) in [5.41, 5.74) is 1.01. The van der Waals surface area contributed by atoms with Crippen LogP contribution < -0.4 is 0 Å². The third-order valence-corrected chi connectivity index (χ3v) is 4.38. The molecule has 0 bridgehead atoms. The second-order valence-electron chi connectivity index (χ2n) is 4.71. The highest BCUT2D eigenvalue weighted by Gasteiger charge is 2.23. The van der Waals surface area contributed by atoms with Gasteiger partial charge in [0.15, 0.2) is 0 Å². The molecule has 1 aliphatic carbocycles. The summed E-state index contributed by atoms with van der Waals surface area (Å²) in [6.45, 7) is 1.16. The largest absolute Gasteiger partial charge is 0.283 e. The fraction of sp³-hybridized carbons (Fsp3) is 0.500. The highest BCUT2D eigenvalue weighted by molar-refractivity contribution is 6.42. The van der Waals surface area contributed by atoms with Crippen LogP contribution in [-0.4, -0.2) is 17.5 Å². The van der Waals surface area contributed by atoms with E-state index < -0.39 is 0 Å². The summed E-state index contributed by atoms with van der Waals surface area (Å²) in [6, 6.07) is 8.44. The number of nitrogens with zero attached hydrogens (tertiary/aromatic N) is 2. The van der Waals surface area contributed by atoms with Gasteiger partial charge in [0, 0.05) is 12.6 Å². The second-order valence-corrected chi connectivity index (χ2v) is 5.50. The molecule has 2 nitrogen and oxygen atoms in total. The van der Waals surface area contributed by atoms with Gasteiger partial charge in [-0.3, -0.25) is 4.90 Å². The predicted molar refractivity (Wildman–Crippen MR) is 74.7 cm³/mol. The Balaban J connectivity index is 2.13. The molecule has 0 spiro atoms. The first kappa shape index (κ1) is 13.7. The van der Waals surface area contributed by atoms with Crippen LogP contribution in [0.15, 0.2) is 18.2 Å². The molecule has 1 aromatic rings. The van der Waals surface area contributed by atoms with Gasteiger partial charge in [-0.1, -0.05) is 48.2 Å². The van der Waals surface area contributed by atoms with Crippen LogP contribution in [0.4, 0.5) is 0 Å². The molecule has 4 heteroatoms.